The standard InChI is InChI=1S/C14H7Br2ClF2N2/c15-7-1-2-12-11(5-7)20-13(6-17)21(12)14-9(18)3-8(16)4-10(14)19/h1-5H,6H2. The Morgan fingerprint density at radius 1 is 1.05 bits per heavy atom. The minimum Gasteiger partial charge on any atom is -0.290 e. The molecule has 0 atom stereocenters. The van der Waals surface area contributed by atoms with Gasteiger partial charge < -0.3 is 0 Å². The largest absolute Gasteiger partial charge is 0.290 e. The van der Waals surface area contributed by atoms with Crippen molar-refractivity contribution in [2.75, 3.05) is 0 Å². The maximum Gasteiger partial charge on any atom is 0.151 e. The van der Waals surface area contributed by atoms with E-state index in [2.05, 4.69) is 36.8 Å². The molecule has 0 spiro atoms. The van der Waals surface area contributed by atoms with Crippen molar-refractivity contribution in [1.82, 2.24) is 9.55 Å². The van der Waals surface area contributed by atoms with Crippen LogP contribution in [0.5, 0.6) is 0 Å². The second-order valence-electron chi connectivity index (χ2n) is 4.35. The van der Waals surface area contributed by atoms with E-state index in [4.69, 9.17) is 11.6 Å². The molecule has 7 heteroatoms. The zero-order chi connectivity index (χ0) is 15.1. The molecule has 2 nitrogen and oxygen atoms in total. The van der Waals surface area contributed by atoms with Crippen LogP contribution in [0.1, 0.15) is 5.82 Å². The molecule has 0 unspecified atom stereocenters. The molecule has 0 aliphatic carbocycles. The van der Waals surface area contributed by atoms with Gasteiger partial charge in [0.25, 0.3) is 0 Å². The van der Waals surface area contributed by atoms with Crippen LogP contribution in [0.15, 0.2) is 39.3 Å². The summed E-state index contributed by atoms with van der Waals surface area (Å²) < 4.78 is 31.0. The van der Waals surface area contributed by atoms with Crippen molar-refractivity contribution >= 4 is 54.5 Å². The lowest BCUT2D eigenvalue weighted by Crippen LogP contribution is -2.05. The minimum atomic E-state index is -0.685. The van der Waals surface area contributed by atoms with Crippen LogP contribution in [0.25, 0.3) is 16.7 Å². The van der Waals surface area contributed by atoms with Crippen LogP contribution in [0.3, 0.4) is 0 Å². The molecule has 0 saturated carbocycles. The number of alkyl halides is 1. The summed E-state index contributed by atoms with van der Waals surface area (Å²) in [7, 11) is 0. The van der Waals surface area contributed by atoms with Gasteiger partial charge >= 0.3 is 0 Å². The van der Waals surface area contributed by atoms with Crippen molar-refractivity contribution in [2.24, 2.45) is 0 Å². The summed E-state index contributed by atoms with van der Waals surface area (Å²) in [5.74, 6) is -0.947. The molecule has 0 bridgehead atoms. The molecule has 0 N–H and O–H groups in total. The first-order chi connectivity index (χ1) is 10.0. The van der Waals surface area contributed by atoms with Crippen molar-refractivity contribution in [3.8, 4) is 5.69 Å². The Bertz CT molecular complexity index is 825. The summed E-state index contributed by atoms with van der Waals surface area (Å²) in [6.45, 7) is 0. The number of benzene rings is 2. The average Bonchev–Trinajstić information content (AvgIpc) is 2.75. The number of hydrogen-bond donors (Lipinski definition) is 0. The van der Waals surface area contributed by atoms with E-state index in [0.29, 0.717) is 21.3 Å². The molecule has 21 heavy (non-hydrogen) atoms. The number of rotatable bonds is 2. The van der Waals surface area contributed by atoms with Gasteiger partial charge in [0.2, 0.25) is 0 Å². The highest BCUT2D eigenvalue weighted by atomic mass is 79.9. The maximum absolute atomic E-state index is 14.2. The monoisotopic (exact) mass is 434 g/mol. The predicted molar refractivity (Wildman–Crippen MR) is 85.9 cm³/mol. The SMILES string of the molecule is Fc1cc(Br)cc(F)c1-n1c(CCl)nc2cc(Br)ccc21. The zero-order valence-corrected chi connectivity index (χ0v) is 14.3. The Morgan fingerprint density at radius 2 is 1.71 bits per heavy atom. The van der Waals surface area contributed by atoms with Gasteiger partial charge in [-0.15, -0.1) is 11.6 Å². The van der Waals surface area contributed by atoms with Crippen molar-refractivity contribution in [3.63, 3.8) is 0 Å². The van der Waals surface area contributed by atoms with Gasteiger partial charge in [0.15, 0.2) is 11.6 Å². The third-order valence-corrected chi connectivity index (χ3v) is 4.20. The van der Waals surface area contributed by atoms with E-state index in [-0.39, 0.29) is 11.6 Å². The smallest absolute Gasteiger partial charge is 0.151 e. The van der Waals surface area contributed by atoms with Crippen LogP contribution < -0.4 is 0 Å². The van der Waals surface area contributed by atoms with Gasteiger partial charge in [0.05, 0.1) is 16.9 Å². The van der Waals surface area contributed by atoms with Gasteiger partial charge in [-0.05, 0) is 30.3 Å². The Labute approximate surface area is 141 Å². The zero-order valence-electron chi connectivity index (χ0n) is 10.4. The molecule has 0 amide bonds. The van der Waals surface area contributed by atoms with E-state index < -0.39 is 11.6 Å². The van der Waals surface area contributed by atoms with E-state index in [1.807, 2.05) is 0 Å². The van der Waals surface area contributed by atoms with Crippen LogP contribution in [-0.4, -0.2) is 9.55 Å². The third-order valence-electron chi connectivity index (χ3n) is 3.01. The first-order valence-electron chi connectivity index (χ1n) is 5.89. The van der Waals surface area contributed by atoms with Gasteiger partial charge in [0, 0.05) is 8.95 Å². The topological polar surface area (TPSA) is 17.8 Å². The number of halogens is 5. The summed E-state index contributed by atoms with van der Waals surface area (Å²) >= 11 is 12.3. The number of aromatic nitrogens is 2. The molecular formula is C14H7Br2ClF2N2. The Hall–Kier alpha value is -0.980. The number of hydrogen-bond acceptors (Lipinski definition) is 1. The van der Waals surface area contributed by atoms with Crippen molar-refractivity contribution in [1.29, 1.82) is 0 Å². The summed E-state index contributed by atoms with van der Waals surface area (Å²) in [5, 5.41) is 0. The maximum atomic E-state index is 14.2. The van der Waals surface area contributed by atoms with Crippen LogP contribution in [0, 0.1) is 11.6 Å². The molecule has 108 valence electrons. The number of nitrogens with zero attached hydrogens (tertiary/aromatic N) is 2. The van der Waals surface area contributed by atoms with E-state index in [0.717, 1.165) is 4.47 Å². The Kier molecular flexibility index (Phi) is 4.03. The van der Waals surface area contributed by atoms with Gasteiger partial charge in [-0.1, -0.05) is 31.9 Å². The fraction of sp³-hybridized carbons (Fsp3) is 0.0714. The van der Waals surface area contributed by atoms with Crippen LogP contribution in [0.2, 0.25) is 0 Å². The quantitative estimate of drug-likeness (QED) is 0.481. The fourth-order valence-electron chi connectivity index (χ4n) is 2.19. The molecule has 2 aromatic carbocycles. The fourth-order valence-corrected chi connectivity index (χ4v) is 3.12. The molecule has 1 aromatic heterocycles. The van der Waals surface area contributed by atoms with Crippen LogP contribution in [-0.2, 0) is 5.88 Å². The Balaban J connectivity index is 2.39. The molecule has 0 aliphatic rings. The number of imidazole rings is 1. The van der Waals surface area contributed by atoms with Gasteiger partial charge in [-0.2, -0.15) is 0 Å². The highest BCUT2D eigenvalue weighted by Crippen LogP contribution is 2.29. The highest BCUT2D eigenvalue weighted by molar-refractivity contribution is 9.10. The van der Waals surface area contributed by atoms with E-state index >= 15 is 0 Å². The lowest BCUT2D eigenvalue weighted by molar-refractivity contribution is 0.567. The average molecular weight is 436 g/mol. The van der Waals surface area contributed by atoms with Crippen molar-refractivity contribution in [2.45, 2.75) is 5.88 Å². The summed E-state index contributed by atoms with van der Waals surface area (Å²) in [5.41, 5.74) is 1.02. The third kappa shape index (κ3) is 2.60. The van der Waals surface area contributed by atoms with Gasteiger partial charge in [0.1, 0.15) is 11.5 Å². The molecule has 0 saturated heterocycles. The van der Waals surface area contributed by atoms with Crippen molar-refractivity contribution < 1.29 is 8.78 Å². The molecule has 0 fully saturated rings. The normalized spacial score (nSPS) is 11.3. The van der Waals surface area contributed by atoms with Crippen LogP contribution >= 0.6 is 43.5 Å². The lowest BCUT2D eigenvalue weighted by Gasteiger charge is -2.10. The van der Waals surface area contributed by atoms with Crippen molar-refractivity contribution in [3.05, 3.63) is 56.7 Å². The van der Waals surface area contributed by atoms with Crippen LogP contribution in [0.4, 0.5) is 8.78 Å². The summed E-state index contributed by atoms with van der Waals surface area (Å²) in [6.07, 6.45) is 0. The first-order valence-corrected chi connectivity index (χ1v) is 8.01. The lowest BCUT2D eigenvalue weighted by atomic mass is 10.2. The molecule has 0 aliphatic heterocycles. The molecule has 3 rings (SSSR count). The predicted octanol–water partition coefficient (Wildman–Crippen LogP) is 5.57. The van der Waals surface area contributed by atoms with E-state index in [9.17, 15) is 8.78 Å². The van der Waals surface area contributed by atoms with E-state index in [1.54, 1.807) is 18.2 Å². The van der Waals surface area contributed by atoms with E-state index in [1.165, 1.54) is 16.7 Å². The first kappa shape index (κ1) is 14.9. The highest BCUT2D eigenvalue weighted by Gasteiger charge is 2.19. The summed E-state index contributed by atoms with van der Waals surface area (Å²) in [6, 6.07) is 7.72. The molecule has 1 heterocycles. The van der Waals surface area contributed by atoms with Gasteiger partial charge in [-0.3, -0.25) is 4.57 Å². The van der Waals surface area contributed by atoms with Gasteiger partial charge in [-0.25, -0.2) is 13.8 Å². The second-order valence-corrected chi connectivity index (χ2v) is 6.45. The minimum absolute atomic E-state index is 0.0429. The molecule has 0 radical (unpaired) electrons. The Morgan fingerprint density at radius 3 is 2.33 bits per heavy atom. The number of fused-ring (bicyclic) bond motifs is 1. The molecular weight excluding hydrogens is 429 g/mol. The summed E-state index contributed by atoms with van der Waals surface area (Å²) in [4.78, 5) is 4.33. The second kappa shape index (κ2) is 5.66. The molecule has 3 aromatic rings.